The van der Waals surface area contributed by atoms with E-state index in [0.29, 0.717) is 28.2 Å². The molecule has 0 N–H and O–H groups in total. The van der Waals surface area contributed by atoms with E-state index >= 15 is 0 Å². The number of carbonyl (C=O) groups excluding carboxylic acids is 1. The van der Waals surface area contributed by atoms with Crippen molar-refractivity contribution in [1.82, 2.24) is 15.0 Å². The van der Waals surface area contributed by atoms with E-state index in [1.165, 1.54) is 11.3 Å². The van der Waals surface area contributed by atoms with Crippen LogP contribution in [0.2, 0.25) is 0 Å². The highest BCUT2D eigenvalue weighted by Crippen LogP contribution is 2.34. The van der Waals surface area contributed by atoms with Crippen LogP contribution in [-0.4, -0.2) is 41.0 Å². The average Bonchev–Trinajstić information content (AvgIpc) is 3.12. The summed E-state index contributed by atoms with van der Waals surface area (Å²) in [6.07, 6.45) is 4.97. The molecule has 7 heteroatoms. The predicted molar refractivity (Wildman–Crippen MR) is 104 cm³/mol. The number of aromatic nitrogens is 3. The van der Waals surface area contributed by atoms with Crippen LogP contribution >= 0.6 is 11.3 Å². The van der Waals surface area contributed by atoms with E-state index in [9.17, 15) is 4.79 Å². The van der Waals surface area contributed by atoms with Gasteiger partial charge in [-0.15, -0.1) is 11.3 Å². The zero-order valence-corrected chi connectivity index (χ0v) is 15.5. The highest BCUT2D eigenvalue weighted by molar-refractivity contribution is 7.16. The Morgan fingerprint density at radius 1 is 1.08 bits per heavy atom. The van der Waals surface area contributed by atoms with Gasteiger partial charge in [0.15, 0.2) is 10.8 Å². The van der Waals surface area contributed by atoms with Gasteiger partial charge in [-0.3, -0.25) is 4.79 Å². The van der Waals surface area contributed by atoms with Crippen molar-refractivity contribution in [3.05, 3.63) is 53.8 Å². The topological polar surface area (TPSA) is 62.2 Å². The number of carbonyl (C=O) groups is 1. The first-order valence-corrected chi connectivity index (χ1v) is 9.30. The van der Waals surface area contributed by atoms with Crippen molar-refractivity contribution in [3.63, 3.8) is 0 Å². The molecule has 0 spiro atoms. The second-order valence-electron chi connectivity index (χ2n) is 6.49. The predicted octanol–water partition coefficient (Wildman–Crippen LogP) is 3.33. The highest BCUT2D eigenvalue weighted by atomic mass is 32.1. The first-order valence-electron chi connectivity index (χ1n) is 8.48. The standard InChI is InChI=1S/C19H19N5OS/c1-13-11-23(2)14-6-3-4-7-15(14)24(12-13)19(25)16-10-22-18(26-16)17-20-8-5-9-21-17/h3-10,13H,11-12H2,1-2H3/t13-/m0/s1. The van der Waals surface area contributed by atoms with Crippen LogP contribution in [0.15, 0.2) is 48.9 Å². The van der Waals surface area contributed by atoms with Crippen molar-refractivity contribution < 1.29 is 4.79 Å². The fraction of sp³-hybridized carbons (Fsp3) is 0.263. The van der Waals surface area contributed by atoms with Crippen molar-refractivity contribution in [2.75, 3.05) is 29.9 Å². The molecule has 2 aromatic heterocycles. The number of hydrogen-bond acceptors (Lipinski definition) is 6. The molecule has 1 amide bonds. The van der Waals surface area contributed by atoms with Crippen LogP contribution < -0.4 is 9.80 Å². The smallest absolute Gasteiger partial charge is 0.270 e. The number of rotatable bonds is 2. The Labute approximate surface area is 156 Å². The van der Waals surface area contributed by atoms with Gasteiger partial charge in [-0.1, -0.05) is 19.1 Å². The SMILES string of the molecule is C[C@H]1CN(C)c2ccccc2N(C(=O)c2cnc(-c3ncccn3)s2)C1. The van der Waals surface area contributed by atoms with Crippen molar-refractivity contribution in [3.8, 4) is 10.8 Å². The van der Waals surface area contributed by atoms with Crippen LogP contribution in [0.5, 0.6) is 0 Å². The van der Waals surface area contributed by atoms with Crippen LogP contribution in [0.4, 0.5) is 11.4 Å². The Morgan fingerprint density at radius 2 is 1.81 bits per heavy atom. The van der Waals surface area contributed by atoms with E-state index in [-0.39, 0.29) is 5.91 Å². The van der Waals surface area contributed by atoms with Gasteiger partial charge in [-0.05, 0) is 24.1 Å². The van der Waals surface area contributed by atoms with Crippen molar-refractivity contribution in [1.29, 1.82) is 0 Å². The number of benzene rings is 1. The molecule has 0 radical (unpaired) electrons. The second-order valence-corrected chi connectivity index (χ2v) is 7.52. The summed E-state index contributed by atoms with van der Waals surface area (Å²) in [6.45, 7) is 3.75. The maximum Gasteiger partial charge on any atom is 0.270 e. The van der Waals surface area contributed by atoms with Gasteiger partial charge < -0.3 is 9.80 Å². The lowest BCUT2D eigenvalue weighted by molar-refractivity contribution is 0.0988. The average molecular weight is 365 g/mol. The molecule has 4 rings (SSSR count). The van der Waals surface area contributed by atoms with Gasteiger partial charge in [-0.25, -0.2) is 15.0 Å². The van der Waals surface area contributed by atoms with Crippen LogP contribution in [0.25, 0.3) is 10.8 Å². The minimum atomic E-state index is -0.0284. The molecule has 6 nitrogen and oxygen atoms in total. The summed E-state index contributed by atoms with van der Waals surface area (Å²) in [5.74, 6) is 0.876. The minimum Gasteiger partial charge on any atom is -0.373 e. The molecule has 0 aliphatic carbocycles. The largest absolute Gasteiger partial charge is 0.373 e. The van der Waals surface area contributed by atoms with Gasteiger partial charge in [-0.2, -0.15) is 0 Å². The Balaban J connectivity index is 1.69. The monoisotopic (exact) mass is 365 g/mol. The van der Waals surface area contributed by atoms with Crippen molar-refractivity contribution >= 4 is 28.6 Å². The number of amides is 1. The van der Waals surface area contributed by atoms with Gasteiger partial charge in [0, 0.05) is 32.5 Å². The molecular formula is C19H19N5OS. The van der Waals surface area contributed by atoms with Crippen molar-refractivity contribution in [2.45, 2.75) is 6.92 Å². The Bertz CT molecular complexity index is 926. The molecule has 0 saturated carbocycles. The van der Waals surface area contributed by atoms with E-state index < -0.39 is 0 Å². The third-order valence-corrected chi connectivity index (χ3v) is 5.36. The number of thiazole rings is 1. The van der Waals surface area contributed by atoms with Crippen LogP contribution in [0.3, 0.4) is 0 Å². The number of nitrogens with zero attached hydrogens (tertiary/aromatic N) is 5. The van der Waals surface area contributed by atoms with Gasteiger partial charge in [0.05, 0.1) is 17.6 Å². The lowest BCUT2D eigenvalue weighted by atomic mass is 10.1. The van der Waals surface area contributed by atoms with E-state index in [0.717, 1.165) is 17.9 Å². The molecule has 1 aliphatic rings. The summed E-state index contributed by atoms with van der Waals surface area (Å²) in [4.78, 5) is 30.7. The van der Waals surface area contributed by atoms with E-state index in [1.54, 1.807) is 24.7 Å². The summed E-state index contributed by atoms with van der Waals surface area (Å²) >= 11 is 1.33. The third kappa shape index (κ3) is 3.06. The summed E-state index contributed by atoms with van der Waals surface area (Å²) < 4.78 is 0. The summed E-state index contributed by atoms with van der Waals surface area (Å²) in [5.41, 5.74) is 2.01. The summed E-state index contributed by atoms with van der Waals surface area (Å²) in [7, 11) is 2.07. The zero-order chi connectivity index (χ0) is 18.1. The Kier molecular flexibility index (Phi) is 4.38. The maximum atomic E-state index is 13.2. The fourth-order valence-electron chi connectivity index (χ4n) is 3.26. The lowest BCUT2D eigenvalue weighted by Gasteiger charge is -2.23. The lowest BCUT2D eigenvalue weighted by Crippen LogP contribution is -2.34. The Hall–Kier alpha value is -2.80. The number of hydrogen-bond donors (Lipinski definition) is 0. The number of para-hydroxylation sites is 2. The Morgan fingerprint density at radius 3 is 2.58 bits per heavy atom. The molecule has 0 bridgehead atoms. The zero-order valence-electron chi connectivity index (χ0n) is 14.7. The highest BCUT2D eigenvalue weighted by Gasteiger charge is 2.28. The maximum absolute atomic E-state index is 13.2. The van der Waals surface area contributed by atoms with Crippen LogP contribution in [0, 0.1) is 5.92 Å². The molecule has 132 valence electrons. The fourth-order valence-corrected chi connectivity index (χ4v) is 4.07. The van der Waals surface area contributed by atoms with Gasteiger partial charge in [0.1, 0.15) is 4.88 Å². The summed E-state index contributed by atoms with van der Waals surface area (Å²) in [5, 5.41) is 0.655. The van der Waals surface area contributed by atoms with E-state index in [1.807, 2.05) is 23.1 Å². The molecule has 26 heavy (non-hydrogen) atoms. The van der Waals surface area contributed by atoms with Crippen LogP contribution in [-0.2, 0) is 0 Å². The molecule has 0 saturated heterocycles. The normalized spacial score (nSPS) is 16.9. The number of fused-ring (bicyclic) bond motifs is 1. The molecule has 3 aromatic rings. The first kappa shape index (κ1) is 16.7. The van der Waals surface area contributed by atoms with Gasteiger partial charge in [0.25, 0.3) is 5.91 Å². The van der Waals surface area contributed by atoms with Gasteiger partial charge in [0.2, 0.25) is 0 Å². The van der Waals surface area contributed by atoms with Crippen LogP contribution in [0.1, 0.15) is 16.6 Å². The first-order chi connectivity index (χ1) is 12.6. The molecule has 0 unspecified atom stereocenters. The quantitative estimate of drug-likeness (QED) is 0.697. The molecule has 1 atom stereocenters. The van der Waals surface area contributed by atoms with E-state index in [2.05, 4.69) is 39.9 Å². The third-order valence-electron chi connectivity index (χ3n) is 4.38. The van der Waals surface area contributed by atoms with E-state index in [4.69, 9.17) is 0 Å². The molecular weight excluding hydrogens is 346 g/mol. The molecule has 0 fully saturated rings. The second kappa shape index (κ2) is 6.84. The molecule has 1 aliphatic heterocycles. The molecule has 1 aromatic carbocycles. The minimum absolute atomic E-state index is 0.0284. The van der Waals surface area contributed by atoms with Crippen molar-refractivity contribution in [2.24, 2.45) is 5.92 Å². The number of anilines is 2. The summed E-state index contributed by atoms with van der Waals surface area (Å²) in [6, 6.07) is 9.80. The molecule has 3 heterocycles. The van der Waals surface area contributed by atoms with Gasteiger partial charge >= 0.3 is 0 Å².